The molecule has 0 fully saturated rings. The van der Waals surface area contributed by atoms with Crippen LogP contribution in [0.1, 0.15) is 0 Å². The number of ether oxygens (including phenoxy) is 1. The number of rotatable bonds is 4. The zero-order valence-electron chi connectivity index (χ0n) is 7.96. The highest BCUT2D eigenvalue weighted by Gasteiger charge is 2.12. The van der Waals surface area contributed by atoms with E-state index >= 15 is 0 Å². The number of hydrogen-bond donors (Lipinski definition) is 5. The molecule has 0 aromatic rings. The van der Waals surface area contributed by atoms with E-state index in [-0.39, 0.29) is 6.61 Å². The van der Waals surface area contributed by atoms with E-state index in [4.69, 9.17) is 29.0 Å². The second-order valence-electron chi connectivity index (χ2n) is 2.27. The van der Waals surface area contributed by atoms with Gasteiger partial charge in [0.25, 0.3) is 0 Å². The van der Waals surface area contributed by atoms with E-state index in [0.29, 0.717) is 0 Å². The molecular formula is C5H12O9P2. The van der Waals surface area contributed by atoms with E-state index in [1.165, 1.54) is 0 Å². The first-order valence-corrected chi connectivity index (χ1v) is 6.94. The Labute approximate surface area is 90.8 Å². The van der Waals surface area contributed by atoms with Gasteiger partial charge in [0.15, 0.2) is 0 Å². The number of carbonyl (C=O) groups is 1. The third-order valence-electron chi connectivity index (χ3n) is 0.794. The molecule has 0 saturated carbocycles. The lowest BCUT2D eigenvalue weighted by Gasteiger charge is -2.02. The Kier molecular flexibility index (Phi) is 8.59. The van der Waals surface area contributed by atoms with Crippen molar-refractivity contribution < 1.29 is 43.1 Å². The molecule has 0 amide bonds. The van der Waals surface area contributed by atoms with Crippen LogP contribution in [0.15, 0.2) is 12.7 Å². The lowest BCUT2D eigenvalue weighted by Crippen LogP contribution is -2.05. The molecule has 5 N–H and O–H groups in total. The molecule has 16 heavy (non-hydrogen) atoms. The van der Waals surface area contributed by atoms with Gasteiger partial charge >= 0.3 is 21.4 Å². The minimum atomic E-state index is -4.64. The zero-order chi connectivity index (χ0) is 13.4. The van der Waals surface area contributed by atoms with Gasteiger partial charge in [0.05, 0.1) is 6.16 Å². The van der Waals surface area contributed by atoms with Gasteiger partial charge in [-0.2, -0.15) is 0 Å². The molecule has 0 radical (unpaired) electrons. The van der Waals surface area contributed by atoms with Gasteiger partial charge in [0.2, 0.25) is 0 Å². The van der Waals surface area contributed by atoms with Gasteiger partial charge in [0, 0.05) is 6.08 Å². The van der Waals surface area contributed by atoms with Crippen LogP contribution in [-0.4, -0.2) is 43.2 Å². The Morgan fingerprint density at radius 1 is 1.19 bits per heavy atom. The standard InChI is InChI=1S/C5H9O5P.H3O4P/c1-2-5(6)10-3-4-11(7,8)9;1-5(2,3)4/h2H,1,3-4H2,(H2,7,8,9);(H3,1,2,3,4). The Hall–Kier alpha value is -0.530. The maximum atomic E-state index is 10.3. The van der Waals surface area contributed by atoms with Crippen LogP contribution < -0.4 is 0 Å². The van der Waals surface area contributed by atoms with Crippen molar-refractivity contribution in [3.63, 3.8) is 0 Å². The first kappa shape index (κ1) is 17.9. The van der Waals surface area contributed by atoms with Gasteiger partial charge in [-0.3, -0.25) is 4.57 Å². The third-order valence-corrected chi connectivity index (χ3v) is 1.56. The van der Waals surface area contributed by atoms with Gasteiger partial charge in [-0.25, -0.2) is 9.36 Å². The molecule has 0 aromatic heterocycles. The van der Waals surface area contributed by atoms with Gasteiger partial charge in [0.1, 0.15) is 6.61 Å². The van der Waals surface area contributed by atoms with E-state index in [0.717, 1.165) is 6.08 Å². The average molecular weight is 278 g/mol. The van der Waals surface area contributed by atoms with Gasteiger partial charge in [-0.1, -0.05) is 6.58 Å². The highest BCUT2D eigenvalue weighted by atomic mass is 31.2. The number of hydrogen-bond acceptors (Lipinski definition) is 4. The smallest absolute Gasteiger partial charge is 0.462 e. The first-order valence-electron chi connectivity index (χ1n) is 3.58. The molecule has 0 aliphatic carbocycles. The summed E-state index contributed by atoms with van der Waals surface area (Å²) in [7, 11) is -8.68. The fourth-order valence-corrected chi connectivity index (χ4v) is 0.653. The largest absolute Gasteiger partial charge is 0.466 e. The Balaban J connectivity index is 0. The summed E-state index contributed by atoms with van der Waals surface area (Å²) in [5, 5.41) is 0. The van der Waals surface area contributed by atoms with E-state index in [9.17, 15) is 9.36 Å². The Morgan fingerprint density at radius 3 is 1.81 bits per heavy atom. The average Bonchev–Trinajstić information content (AvgIpc) is 1.98. The summed E-state index contributed by atoms with van der Waals surface area (Å²) in [6.07, 6.45) is 0.478. The summed E-state index contributed by atoms with van der Waals surface area (Å²) in [5.74, 6) is -0.682. The quantitative estimate of drug-likeness (QED) is 0.245. The SMILES string of the molecule is C=CC(=O)OCCP(=O)(O)O.O=P(O)(O)O. The topological polar surface area (TPSA) is 162 Å². The lowest BCUT2D eigenvalue weighted by molar-refractivity contribution is -0.137. The van der Waals surface area contributed by atoms with Gasteiger partial charge in [-0.15, -0.1) is 0 Å². The van der Waals surface area contributed by atoms with Crippen molar-refractivity contribution in [3.05, 3.63) is 12.7 Å². The van der Waals surface area contributed by atoms with Crippen LogP contribution in [0.3, 0.4) is 0 Å². The van der Waals surface area contributed by atoms with Crippen molar-refractivity contribution in [2.75, 3.05) is 12.8 Å². The molecule has 0 spiro atoms. The van der Waals surface area contributed by atoms with Crippen molar-refractivity contribution in [1.82, 2.24) is 0 Å². The minimum absolute atomic E-state index is 0.283. The maximum absolute atomic E-state index is 10.3. The highest BCUT2D eigenvalue weighted by molar-refractivity contribution is 7.51. The molecule has 96 valence electrons. The van der Waals surface area contributed by atoms with Crippen LogP contribution in [0.4, 0.5) is 0 Å². The molecule has 0 aliphatic heterocycles. The number of carbonyl (C=O) groups excluding carboxylic acids is 1. The van der Waals surface area contributed by atoms with E-state index < -0.39 is 27.5 Å². The monoisotopic (exact) mass is 278 g/mol. The van der Waals surface area contributed by atoms with Crippen LogP contribution in [0.25, 0.3) is 0 Å². The molecule has 0 bridgehead atoms. The van der Waals surface area contributed by atoms with Crippen LogP contribution in [0.5, 0.6) is 0 Å². The molecule has 11 heteroatoms. The van der Waals surface area contributed by atoms with Crippen molar-refractivity contribution in [1.29, 1.82) is 0 Å². The molecular weight excluding hydrogens is 266 g/mol. The fraction of sp³-hybridized carbons (Fsp3) is 0.400. The Morgan fingerprint density at radius 2 is 1.56 bits per heavy atom. The summed E-state index contributed by atoms with van der Waals surface area (Å²) >= 11 is 0. The van der Waals surface area contributed by atoms with Gasteiger partial charge < -0.3 is 29.2 Å². The summed E-state index contributed by atoms with van der Waals surface area (Å²) < 4.78 is 23.4. The highest BCUT2D eigenvalue weighted by Crippen LogP contribution is 2.33. The molecule has 0 aliphatic rings. The van der Waals surface area contributed by atoms with E-state index in [2.05, 4.69) is 11.3 Å². The minimum Gasteiger partial charge on any atom is -0.462 e. The molecule has 0 unspecified atom stereocenters. The van der Waals surface area contributed by atoms with Crippen LogP contribution in [0.2, 0.25) is 0 Å². The summed E-state index contributed by atoms with van der Waals surface area (Å²) in [5.41, 5.74) is 0. The van der Waals surface area contributed by atoms with E-state index in [1.807, 2.05) is 0 Å². The third kappa shape index (κ3) is 29.2. The molecule has 0 atom stereocenters. The van der Waals surface area contributed by atoms with Gasteiger partial charge in [-0.05, 0) is 0 Å². The van der Waals surface area contributed by atoms with E-state index in [1.54, 1.807) is 0 Å². The molecule has 0 aromatic carbocycles. The summed E-state index contributed by atoms with van der Waals surface area (Å²) in [6, 6.07) is 0. The summed E-state index contributed by atoms with van der Waals surface area (Å²) in [4.78, 5) is 48.5. The zero-order valence-corrected chi connectivity index (χ0v) is 9.75. The van der Waals surface area contributed by atoms with Crippen molar-refractivity contribution >= 4 is 21.4 Å². The second-order valence-corrected chi connectivity index (χ2v) is 5.08. The van der Waals surface area contributed by atoms with Crippen molar-refractivity contribution in [3.8, 4) is 0 Å². The summed E-state index contributed by atoms with van der Waals surface area (Å²) in [6.45, 7) is 2.82. The maximum Gasteiger partial charge on any atom is 0.466 e. The van der Waals surface area contributed by atoms with Crippen LogP contribution in [0, 0.1) is 0 Å². The molecule has 0 saturated heterocycles. The first-order chi connectivity index (χ1) is 6.95. The fourth-order valence-electron chi connectivity index (χ4n) is 0.324. The number of esters is 1. The molecule has 9 nitrogen and oxygen atoms in total. The van der Waals surface area contributed by atoms with Crippen LogP contribution in [-0.2, 0) is 18.7 Å². The Bertz CT molecular complexity index is 304. The predicted molar refractivity (Wildman–Crippen MR) is 52.3 cm³/mol. The lowest BCUT2D eigenvalue weighted by atomic mass is 10.6. The van der Waals surface area contributed by atoms with Crippen LogP contribution >= 0.6 is 15.4 Å². The normalized spacial score (nSPS) is 11.1. The van der Waals surface area contributed by atoms with Crippen molar-refractivity contribution in [2.24, 2.45) is 0 Å². The predicted octanol–water partition coefficient (Wildman–Crippen LogP) is -1.04. The molecule has 0 heterocycles. The number of phosphoric acid groups is 1. The second kappa shape index (κ2) is 7.70. The van der Waals surface area contributed by atoms with Crippen molar-refractivity contribution in [2.45, 2.75) is 0 Å². The molecule has 0 rings (SSSR count).